The van der Waals surface area contributed by atoms with Crippen molar-refractivity contribution in [3.63, 3.8) is 0 Å². The molecule has 0 atom stereocenters. The number of hydrogen-bond acceptors (Lipinski definition) is 2. The minimum atomic E-state index is -0.386. The van der Waals surface area contributed by atoms with Gasteiger partial charge in [0.2, 0.25) is 5.91 Å². The van der Waals surface area contributed by atoms with Crippen LogP contribution in [-0.2, 0) is 10.2 Å². The van der Waals surface area contributed by atoms with Crippen LogP contribution in [0.1, 0.15) is 31.2 Å². The van der Waals surface area contributed by atoms with Gasteiger partial charge in [0.05, 0.1) is 5.41 Å². The van der Waals surface area contributed by atoms with Crippen molar-refractivity contribution in [2.45, 2.75) is 31.1 Å². The Morgan fingerprint density at radius 2 is 2.00 bits per heavy atom. The first-order valence-corrected chi connectivity index (χ1v) is 7.27. The highest BCUT2D eigenvalue weighted by Crippen LogP contribution is 2.33. The Balaban J connectivity index is 2.11. The smallest absolute Gasteiger partial charge is 0.230 e. The van der Waals surface area contributed by atoms with Crippen molar-refractivity contribution in [1.29, 1.82) is 0 Å². The fourth-order valence-corrected chi connectivity index (χ4v) is 2.82. The zero-order chi connectivity index (χ0) is 14.3. The lowest BCUT2D eigenvalue weighted by Crippen LogP contribution is -2.50. The summed E-state index contributed by atoms with van der Waals surface area (Å²) in [5.74, 6) is 2.74. The number of benzene rings is 1. The van der Waals surface area contributed by atoms with Crippen molar-refractivity contribution >= 4 is 5.91 Å². The Bertz CT molecular complexity index is 470. The maximum absolute atomic E-state index is 12.7. The van der Waals surface area contributed by atoms with Gasteiger partial charge in [-0.2, -0.15) is 0 Å². The van der Waals surface area contributed by atoms with Crippen molar-refractivity contribution in [2.75, 3.05) is 19.6 Å². The first-order chi connectivity index (χ1) is 9.79. The predicted octanol–water partition coefficient (Wildman–Crippen LogP) is 1.84. The maximum Gasteiger partial charge on any atom is 0.230 e. The zero-order valence-electron chi connectivity index (χ0n) is 11.8. The summed E-state index contributed by atoms with van der Waals surface area (Å²) >= 11 is 0. The van der Waals surface area contributed by atoms with Crippen LogP contribution in [0.25, 0.3) is 0 Å². The average Bonchev–Trinajstić information content (AvgIpc) is 2.53. The number of hydrogen-bond donors (Lipinski definition) is 2. The van der Waals surface area contributed by atoms with E-state index >= 15 is 0 Å². The lowest BCUT2D eigenvalue weighted by Gasteiger charge is -2.36. The van der Waals surface area contributed by atoms with Gasteiger partial charge >= 0.3 is 0 Å². The molecule has 1 aromatic rings. The van der Waals surface area contributed by atoms with E-state index in [0.29, 0.717) is 13.0 Å². The number of carbonyl (C=O) groups is 1. The molecule has 3 heteroatoms. The molecule has 1 heterocycles. The number of piperidine rings is 1. The minimum absolute atomic E-state index is 0.141. The number of terminal acetylenes is 1. The van der Waals surface area contributed by atoms with Gasteiger partial charge in [0.1, 0.15) is 0 Å². The van der Waals surface area contributed by atoms with E-state index in [1.54, 1.807) is 0 Å². The maximum atomic E-state index is 12.7. The van der Waals surface area contributed by atoms with E-state index in [0.717, 1.165) is 37.9 Å². The second-order valence-corrected chi connectivity index (χ2v) is 5.26. The number of carbonyl (C=O) groups excluding carboxylic acids is 1. The highest BCUT2D eigenvalue weighted by Gasteiger charge is 2.40. The molecule has 0 aliphatic carbocycles. The van der Waals surface area contributed by atoms with Gasteiger partial charge in [-0.3, -0.25) is 4.79 Å². The summed E-state index contributed by atoms with van der Waals surface area (Å²) in [5.41, 5.74) is 0.735. The molecule has 3 nitrogen and oxygen atoms in total. The molecular weight excluding hydrogens is 248 g/mol. The van der Waals surface area contributed by atoms with Gasteiger partial charge in [-0.15, -0.1) is 12.3 Å². The van der Waals surface area contributed by atoms with Gasteiger partial charge in [0, 0.05) is 13.0 Å². The van der Waals surface area contributed by atoms with Crippen LogP contribution in [0.3, 0.4) is 0 Å². The highest BCUT2D eigenvalue weighted by atomic mass is 16.2. The van der Waals surface area contributed by atoms with E-state index in [-0.39, 0.29) is 11.3 Å². The summed E-state index contributed by atoms with van der Waals surface area (Å²) in [4.78, 5) is 12.7. The van der Waals surface area contributed by atoms with Crippen LogP contribution in [-0.4, -0.2) is 25.5 Å². The molecule has 1 aliphatic heterocycles. The quantitative estimate of drug-likeness (QED) is 0.633. The third-order valence-corrected chi connectivity index (χ3v) is 4.00. The van der Waals surface area contributed by atoms with Gasteiger partial charge < -0.3 is 10.6 Å². The van der Waals surface area contributed by atoms with Gasteiger partial charge in [-0.25, -0.2) is 0 Å². The molecule has 1 fully saturated rings. The summed E-state index contributed by atoms with van der Waals surface area (Å²) in [7, 11) is 0. The Morgan fingerprint density at radius 1 is 1.30 bits per heavy atom. The molecule has 0 aromatic heterocycles. The topological polar surface area (TPSA) is 41.1 Å². The molecule has 0 radical (unpaired) electrons. The molecule has 2 N–H and O–H groups in total. The first-order valence-electron chi connectivity index (χ1n) is 7.27. The molecule has 0 unspecified atom stereocenters. The average molecular weight is 270 g/mol. The molecule has 1 amide bonds. The lowest BCUT2D eigenvalue weighted by atomic mass is 9.72. The summed E-state index contributed by atoms with van der Waals surface area (Å²) in [6.07, 6.45) is 8.47. The van der Waals surface area contributed by atoms with Crippen LogP contribution in [0.2, 0.25) is 0 Å². The Labute approximate surface area is 121 Å². The van der Waals surface area contributed by atoms with Crippen LogP contribution in [0.15, 0.2) is 30.3 Å². The summed E-state index contributed by atoms with van der Waals surface area (Å²) in [6, 6.07) is 10.1. The summed E-state index contributed by atoms with van der Waals surface area (Å²) in [6.45, 7) is 2.42. The van der Waals surface area contributed by atoms with Crippen LogP contribution >= 0.6 is 0 Å². The number of amides is 1. The van der Waals surface area contributed by atoms with E-state index < -0.39 is 0 Å². The Kier molecular flexibility index (Phi) is 5.20. The number of rotatable bonds is 5. The van der Waals surface area contributed by atoms with E-state index in [1.807, 2.05) is 18.2 Å². The van der Waals surface area contributed by atoms with Crippen molar-refractivity contribution < 1.29 is 4.79 Å². The second kappa shape index (κ2) is 7.12. The molecular formula is C17H22N2O. The van der Waals surface area contributed by atoms with Gasteiger partial charge in [-0.05, 0) is 37.9 Å². The fourth-order valence-electron chi connectivity index (χ4n) is 2.82. The van der Waals surface area contributed by atoms with E-state index in [9.17, 15) is 4.79 Å². The van der Waals surface area contributed by atoms with Crippen molar-refractivity contribution in [3.8, 4) is 12.3 Å². The first kappa shape index (κ1) is 14.6. The van der Waals surface area contributed by atoms with Crippen molar-refractivity contribution in [2.24, 2.45) is 0 Å². The Morgan fingerprint density at radius 3 is 2.65 bits per heavy atom. The molecule has 106 valence electrons. The van der Waals surface area contributed by atoms with Gasteiger partial charge in [-0.1, -0.05) is 30.3 Å². The largest absolute Gasteiger partial charge is 0.355 e. The molecule has 0 saturated carbocycles. The number of nitrogens with one attached hydrogen (secondary N) is 2. The second-order valence-electron chi connectivity index (χ2n) is 5.26. The normalized spacial score (nSPS) is 17.1. The molecule has 1 saturated heterocycles. The summed E-state index contributed by atoms with van der Waals surface area (Å²) in [5, 5.41) is 6.40. The third kappa shape index (κ3) is 3.20. The van der Waals surface area contributed by atoms with E-state index in [2.05, 4.69) is 28.7 Å². The lowest BCUT2D eigenvalue weighted by molar-refractivity contribution is -0.127. The van der Waals surface area contributed by atoms with Crippen LogP contribution in [0.4, 0.5) is 0 Å². The molecule has 1 aromatic carbocycles. The SMILES string of the molecule is C#CCCCNC(=O)C1(c2ccccc2)CCNCC1. The Hall–Kier alpha value is -1.79. The predicted molar refractivity (Wildman–Crippen MR) is 81.3 cm³/mol. The minimum Gasteiger partial charge on any atom is -0.355 e. The van der Waals surface area contributed by atoms with E-state index in [4.69, 9.17) is 6.42 Å². The molecule has 0 bridgehead atoms. The molecule has 1 aliphatic rings. The van der Waals surface area contributed by atoms with Gasteiger partial charge in [0.15, 0.2) is 0 Å². The molecule has 2 rings (SSSR count). The summed E-state index contributed by atoms with van der Waals surface area (Å²) < 4.78 is 0. The molecule has 20 heavy (non-hydrogen) atoms. The van der Waals surface area contributed by atoms with Crippen molar-refractivity contribution in [1.82, 2.24) is 10.6 Å². The highest BCUT2D eigenvalue weighted by molar-refractivity contribution is 5.88. The molecule has 0 spiro atoms. The zero-order valence-corrected chi connectivity index (χ0v) is 11.8. The number of unbranched alkanes of at least 4 members (excludes halogenated alkanes) is 1. The van der Waals surface area contributed by atoms with Gasteiger partial charge in [0.25, 0.3) is 0 Å². The van der Waals surface area contributed by atoms with Crippen molar-refractivity contribution in [3.05, 3.63) is 35.9 Å². The standard InChI is InChI=1S/C17H22N2O/c1-2-3-7-12-19-16(20)17(10-13-18-14-11-17)15-8-5-4-6-9-15/h1,4-6,8-9,18H,3,7,10-14H2,(H,19,20). The monoisotopic (exact) mass is 270 g/mol. The third-order valence-electron chi connectivity index (χ3n) is 4.00. The van der Waals surface area contributed by atoms with Crippen LogP contribution in [0, 0.1) is 12.3 Å². The van der Waals surface area contributed by atoms with Crippen LogP contribution < -0.4 is 10.6 Å². The van der Waals surface area contributed by atoms with Crippen LogP contribution in [0.5, 0.6) is 0 Å². The van der Waals surface area contributed by atoms with E-state index in [1.165, 1.54) is 0 Å². The fraction of sp³-hybridized carbons (Fsp3) is 0.471.